The van der Waals surface area contributed by atoms with Crippen LogP contribution < -0.4 is 0 Å². The molecule has 1 atom stereocenters. The molecular formula is C14H18N2O. The van der Waals surface area contributed by atoms with Gasteiger partial charge in [-0.15, -0.1) is 0 Å². The molecule has 0 aliphatic carbocycles. The lowest BCUT2D eigenvalue weighted by Gasteiger charge is -2.07. The second-order valence-electron chi connectivity index (χ2n) is 4.30. The average molecular weight is 230 g/mol. The topological polar surface area (TPSA) is 38.0 Å². The van der Waals surface area contributed by atoms with E-state index in [1.807, 2.05) is 17.7 Å². The maximum atomic E-state index is 9.66. The van der Waals surface area contributed by atoms with Crippen LogP contribution in [-0.2, 0) is 6.42 Å². The van der Waals surface area contributed by atoms with E-state index in [1.54, 1.807) is 6.92 Å². The summed E-state index contributed by atoms with van der Waals surface area (Å²) in [4.78, 5) is 4.55. The zero-order valence-electron chi connectivity index (χ0n) is 10.5. The number of rotatable bonds is 3. The lowest BCUT2D eigenvalue weighted by Crippen LogP contribution is -2.06. The number of aromatic nitrogens is 2. The van der Waals surface area contributed by atoms with Crippen LogP contribution in [-0.4, -0.2) is 14.7 Å². The summed E-state index contributed by atoms with van der Waals surface area (Å²) in [6.45, 7) is 5.86. The molecule has 1 heterocycles. The predicted octanol–water partition coefficient (Wildman–Crippen LogP) is 2.93. The van der Waals surface area contributed by atoms with Crippen LogP contribution in [0.15, 0.2) is 30.5 Å². The Labute approximate surface area is 102 Å². The number of imidazole rings is 1. The Balaban J connectivity index is 2.42. The summed E-state index contributed by atoms with van der Waals surface area (Å²) in [7, 11) is 0. The van der Waals surface area contributed by atoms with Gasteiger partial charge in [-0.3, -0.25) is 0 Å². The largest absolute Gasteiger partial charge is 0.374 e. The van der Waals surface area contributed by atoms with Crippen molar-refractivity contribution in [2.75, 3.05) is 0 Å². The summed E-state index contributed by atoms with van der Waals surface area (Å²) in [5.41, 5.74) is 3.24. The third-order valence-electron chi connectivity index (χ3n) is 2.88. The molecule has 2 aromatic rings. The summed E-state index contributed by atoms with van der Waals surface area (Å²) in [5, 5.41) is 9.66. The number of hydrogen-bond acceptors (Lipinski definition) is 2. The van der Waals surface area contributed by atoms with Crippen LogP contribution >= 0.6 is 0 Å². The molecular weight excluding hydrogens is 212 g/mol. The first kappa shape index (κ1) is 11.9. The highest BCUT2D eigenvalue weighted by atomic mass is 16.3. The zero-order valence-corrected chi connectivity index (χ0v) is 10.5. The van der Waals surface area contributed by atoms with Gasteiger partial charge in [0.05, 0.1) is 5.69 Å². The van der Waals surface area contributed by atoms with Gasteiger partial charge in [-0.25, -0.2) is 4.98 Å². The van der Waals surface area contributed by atoms with Crippen LogP contribution in [0.3, 0.4) is 0 Å². The zero-order chi connectivity index (χ0) is 12.4. The Morgan fingerprint density at radius 3 is 2.41 bits per heavy atom. The van der Waals surface area contributed by atoms with Gasteiger partial charge in [-0.1, -0.05) is 36.8 Å². The summed E-state index contributed by atoms with van der Waals surface area (Å²) >= 11 is 0. The van der Waals surface area contributed by atoms with Crippen molar-refractivity contribution in [1.29, 1.82) is 0 Å². The molecule has 0 spiro atoms. The number of nitrogens with zero attached hydrogens (tertiary/aromatic N) is 2. The molecule has 0 aliphatic heterocycles. The third kappa shape index (κ3) is 2.39. The van der Waals surface area contributed by atoms with Crippen LogP contribution in [0.4, 0.5) is 0 Å². The van der Waals surface area contributed by atoms with E-state index in [4.69, 9.17) is 0 Å². The van der Waals surface area contributed by atoms with Crippen molar-refractivity contribution in [3.05, 3.63) is 41.9 Å². The van der Waals surface area contributed by atoms with Gasteiger partial charge in [0.15, 0.2) is 0 Å². The highest BCUT2D eigenvalue weighted by Gasteiger charge is 2.10. The smallest absolute Gasteiger partial charge is 0.129 e. The van der Waals surface area contributed by atoms with Crippen molar-refractivity contribution >= 4 is 0 Å². The molecule has 0 saturated carbocycles. The Morgan fingerprint density at radius 1 is 1.29 bits per heavy atom. The molecule has 3 heteroatoms. The van der Waals surface area contributed by atoms with Crippen molar-refractivity contribution in [3.8, 4) is 11.3 Å². The van der Waals surface area contributed by atoms with E-state index in [0.29, 0.717) is 0 Å². The minimum Gasteiger partial charge on any atom is -0.374 e. The summed E-state index contributed by atoms with van der Waals surface area (Å²) < 4.78 is 1.81. The normalized spacial score (nSPS) is 12.7. The first-order chi connectivity index (χ1) is 8.11. The maximum Gasteiger partial charge on any atom is 0.129 e. The molecule has 3 nitrogen and oxygen atoms in total. The molecule has 1 aromatic heterocycles. The molecule has 1 N–H and O–H groups in total. The summed E-state index contributed by atoms with van der Waals surface area (Å²) in [6.07, 6.45) is 2.20. The number of benzene rings is 1. The fraction of sp³-hybridized carbons (Fsp3) is 0.357. The quantitative estimate of drug-likeness (QED) is 0.880. The molecule has 0 radical (unpaired) electrons. The van der Waals surface area contributed by atoms with Crippen molar-refractivity contribution in [2.45, 2.75) is 33.4 Å². The standard InChI is InChI=1S/C14H18N2O/c1-4-14-15-13(9-16(14)11(3)17)12-7-5-10(2)6-8-12/h5-9,11,17H,4H2,1-3H3. The van der Waals surface area contributed by atoms with Crippen LogP contribution in [0, 0.1) is 6.92 Å². The monoisotopic (exact) mass is 230 g/mol. The minimum atomic E-state index is -0.531. The van der Waals surface area contributed by atoms with Crippen molar-refractivity contribution in [2.24, 2.45) is 0 Å². The number of aliphatic hydroxyl groups is 1. The van der Waals surface area contributed by atoms with E-state index in [9.17, 15) is 5.11 Å². The lowest BCUT2D eigenvalue weighted by atomic mass is 10.1. The Hall–Kier alpha value is -1.61. The Bertz CT molecular complexity index is 497. The van der Waals surface area contributed by atoms with Gasteiger partial charge in [0.25, 0.3) is 0 Å². The first-order valence-electron chi connectivity index (χ1n) is 5.94. The highest BCUT2D eigenvalue weighted by Crippen LogP contribution is 2.21. The maximum absolute atomic E-state index is 9.66. The molecule has 0 aliphatic rings. The second-order valence-corrected chi connectivity index (χ2v) is 4.30. The van der Waals surface area contributed by atoms with Gasteiger partial charge in [-0.2, -0.15) is 0 Å². The van der Waals surface area contributed by atoms with Gasteiger partial charge in [0.2, 0.25) is 0 Å². The van der Waals surface area contributed by atoms with E-state index in [2.05, 4.69) is 36.2 Å². The molecule has 0 bridgehead atoms. The van der Waals surface area contributed by atoms with E-state index in [0.717, 1.165) is 23.5 Å². The van der Waals surface area contributed by atoms with Crippen molar-refractivity contribution < 1.29 is 5.11 Å². The van der Waals surface area contributed by atoms with Crippen molar-refractivity contribution in [3.63, 3.8) is 0 Å². The van der Waals surface area contributed by atoms with E-state index in [-0.39, 0.29) is 0 Å². The van der Waals surface area contributed by atoms with Gasteiger partial charge >= 0.3 is 0 Å². The van der Waals surface area contributed by atoms with Crippen LogP contribution in [0.1, 0.15) is 31.5 Å². The molecule has 0 saturated heterocycles. The van der Waals surface area contributed by atoms with E-state index < -0.39 is 6.23 Å². The molecule has 0 amide bonds. The number of aliphatic hydroxyl groups excluding tert-OH is 1. The van der Waals surface area contributed by atoms with Crippen LogP contribution in [0.25, 0.3) is 11.3 Å². The van der Waals surface area contributed by atoms with Crippen LogP contribution in [0.2, 0.25) is 0 Å². The second kappa shape index (κ2) is 4.72. The number of hydrogen-bond donors (Lipinski definition) is 1. The summed E-state index contributed by atoms with van der Waals surface area (Å²) in [6, 6.07) is 8.26. The van der Waals surface area contributed by atoms with Gasteiger partial charge in [-0.05, 0) is 13.8 Å². The van der Waals surface area contributed by atoms with Gasteiger partial charge < -0.3 is 9.67 Å². The average Bonchev–Trinajstić information content (AvgIpc) is 2.74. The van der Waals surface area contributed by atoms with Crippen molar-refractivity contribution in [1.82, 2.24) is 9.55 Å². The van der Waals surface area contributed by atoms with Gasteiger partial charge in [0, 0.05) is 18.2 Å². The molecule has 90 valence electrons. The molecule has 1 unspecified atom stereocenters. The minimum absolute atomic E-state index is 0.531. The predicted molar refractivity (Wildman–Crippen MR) is 68.7 cm³/mol. The van der Waals surface area contributed by atoms with Crippen LogP contribution in [0.5, 0.6) is 0 Å². The Morgan fingerprint density at radius 2 is 1.94 bits per heavy atom. The molecule has 0 fully saturated rings. The number of aryl methyl sites for hydroxylation is 2. The highest BCUT2D eigenvalue weighted by molar-refractivity contribution is 5.59. The van der Waals surface area contributed by atoms with Gasteiger partial charge in [0.1, 0.15) is 12.1 Å². The fourth-order valence-electron chi connectivity index (χ4n) is 1.88. The molecule has 1 aromatic carbocycles. The van der Waals surface area contributed by atoms with E-state index >= 15 is 0 Å². The fourth-order valence-corrected chi connectivity index (χ4v) is 1.88. The third-order valence-corrected chi connectivity index (χ3v) is 2.88. The molecule has 17 heavy (non-hydrogen) atoms. The SMILES string of the molecule is CCc1nc(-c2ccc(C)cc2)cn1C(C)O. The first-order valence-corrected chi connectivity index (χ1v) is 5.94. The Kier molecular flexibility index (Phi) is 3.29. The van der Waals surface area contributed by atoms with E-state index in [1.165, 1.54) is 5.56 Å². The summed E-state index contributed by atoms with van der Waals surface area (Å²) in [5.74, 6) is 0.913. The molecule has 2 rings (SSSR count). The lowest BCUT2D eigenvalue weighted by molar-refractivity contribution is 0.121.